The van der Waals surface area contributed by atoms with Gasteiger partial charge in [-0.15, -0.1) is 11.8 Å². The zero-order valence-electron chi connectivity index (χ0n) is 13.5. The lowest BCUT2D eigenvalue weighted by atomic mass is 10.2. The van der Waals surface area contributed by atoms with Gasteiger partial charge in [0.15, 0.2) is 0 Å². The molecule has 1 amide bonds. The van der Waals surface area contributed by atoms with E-state index in [1.54, 1.807) is 19.2 Å². The number of benzene rings is 2. The van der Waals surface area contributed by atoms with Crippen LogP contribution in [-0.4, -0.2) is 31.1 Å². The predicted octanol–water partition coefficient (Wildman–Crippen LogP) is 3.78. The Labute approximate surface area is 151 Å². The Balaban J connectivity index is 1.61. The second kappa shape index (κ2) is 10.1. The van der Waals surface area contributed by atoms with Gasteiger partial charge in [0.05, 0.1) is 19.5 Å². The van der Waals surface area contributed by atoms with Gasteiger partial charge in [0, 0.05) is 22.9 Å². The fourth-order valence-electron chi connectivity index (χ4n) is 2.03. The first-order chi connectivity index (χ1) is 11.7. The summed E-state index contributed by atoms with van der Waals surface area (Å²) in [5.74, 6) is 2.64. The van der Waals surface area contributed by atoms with Crippen LogP contribution in [0.15, 0.2) is 48.5 Å². The van der Waals surface area contributed by atoms with Gasteiger partial charge in [-0.05, 0) is 24.3 Å². The van der Waals surface area contributed by atoms with Crippen LogP contribution in [0.1, 0.15) is 5.56 Å². The van der Waals surface area contributed by atoms with Gasteiger partial charge < -0.3 is 14.8 Å². The third-order valence-corrected chi connectivity index (χ3v) is 4.35. The summed E-state index contributed by atoms with van der Waals surface area (Å²) in [6.07, 6.45) is 0. The van der Waals surface area contributed by atoms with Gasteiger partial charge in [-0.1, -0.05) is 35.9 Å². The predicted molar refractivity (Wildman–Crippen MR) is 99.1 cm³/mol. The second-order valence-electron chi connectivity index (χ2n) is 4.95. The zero-order chi connectivity index (χ0) is 17.2. The molecule has 0 saturated carbocycles. The number of hydrogen-bond acceptors (Lipinski definition) is 4. The monoisotopic (exact) mass is 365 g/mol. The molecule has 1 N–H and O–H groups in total. The molecule has 0 spiro atoms. The lowest BCUT2D eigenvalue weighted by molar-refractivity contribution is -0.118. The molecule has 2 rings (SSSR count). The number of nitrogens with one attached hydrogen (secondary N) is 1. The molecule has 0 aliphatic heterocycles. The van der Waals surface area contributed by atoms with E-state index in [0.717, 1.165) is 22.8 Å². The average Bonchev–Trinajstić information content (AvgIpc) is 2.60. The molecule has 128 valence electrons. The molecule has 6 heteroatoms. The Morgan fingerprint density at radius 2 is 2.04 bits per heavy atom. The Bertz CT molecular complexity index is 666. The van der Waals surface area contributed by atoms with Gasteiger partial charge in [-0.2, -0.15) is 0 Å². The molecule has 0 aliphatic carbocycles. The first-order valence-corrected chi connectivity index (χ1v) is 9.07. The fraction of sp³-hybridized carbons (Fsp3) is 0.278. The lowest BCUT2D eigenvalue weighted by Crippen LogP contribution is -2.25. The highest BCUT2D eigenvalue weighted by Gasteiger charge is 2.05. The van der Waals surface area contributed by atoms with E-state index in [1.165, 1.54) is 11.8 Å². The number of rotatable bonds is 9. The molecule has 2 aromatic rings. The van der Waals surface area contributed by atoms with Gasteiger partial charge in [-0.25, -0.2) is 0 Å². The number of para-hydroxylation sites is 1. The molecule has 24 heavy (non-hydrogen) atoms. The first kappa shape index (κ1) is 18.5. The molecule has 0 heterocycles. The van der Waals surface area contributed by atoms with E-state index in [4.69, 9.17) is 21.1 Å². The minimum absolute atomic E-state index is 0.00587. The molecule has 0 atom stereocenters. The average molecular weight is 366 g/mol. The van der Waals surface area contributed by atoms with E-state index >= 15 is 0 Å². The highest BCUT2D eigenvalue weighted by atomic mass is 35.5. The van der Waals surface area contributed by atoms with Crippen LogP contribution >= 0.6 is 23.4 Å². The van der Waals surface area contributed by atoms with Crippen molar-refractivity contribution >= 4 is 29.3 Å². The van der Waals surface area contributed by atoms with Crippen molar-refractivity contribution in [3.05, 3.63) is 59.1 Å². The largest absolute Gasteiger partial charge is 0.496 e. The number of ether oxygens (including phenoxy) is 2. The van der Waals surface area contributed by atoms with Crippen LogP contribution in [0, 0.1) is 0 Å². The second-order valence-corrected chi connectivity index (χ2v) is 6.49. The zero-order valence-corrected chi connectivity index (χ0v) is 15.0. The summed E-state index contributed by atoms with van der Waals surface area (Å²) in [4.78, 5) is 11.9. The Morgan fingerprint density at radius 3 is 2.83 bits per heavy atom. The maximum Gasteiger partial charge on any atom is 0.230 e. The van der Waals surface area contributed by atoms with Crippen molar-refractivity contribution in [2.45, 2.75) is 6.54 Å². The third kappa shape index (κ3) is 6.34. The number of carbonyl (C=O) groups excluding carboxylic acids is 1. The van der Waals surface area contributed by atoms with Gasteiger partial charge in [0.1, 0.15) is 11.5 Å². The van der Waals surface area contributed by atoms with E-state index in [1.807, 2.05) is 36.4 Å². The molecule has 0 radical (unpaired) electrons. The third-order valence-electron chi connectivity index (χ3n) is 3.19. The van der Waals surface area contributed by atoms with Crippen LogP contribution in [0.4, 0.5) is 0 Å². The van der Waals surface area contributed by atoms with Crippen molar-refractivity contribution in [1.29, 1.82) is 0 Å². The van der Waals surface area contributed by atoms with E-state index in [0.29, 0.717) is 23.9 Å². The molecule has 0 unspecified atom stereocenters. The van der Waals surface area contributed by atoms with Gasteiger partial charge in [0.25, 0.3) is 0 Å². The molecule has 0 aliphatic rings. The van der Waals surface area contributed by atoms with Crippen molar-refractivity contribution in [2.75, 3.05) is 25.2 Å². The van der Waals surface area contributed by atoms with E-state index in [2.05, 4.69) is 5.32 Å². The first-order valence-electron chi connectivity index (χ1n) is 7.54. The summed E-state index contributed by atoms with van der Waals surface area (Å²) in [6.45, 7) is 0.993. The molecular formula is C18H20ClNO3S. The minimum atomic E-state index is -0.00587. The van der Waals surface area contributed by atoms with Gasteiger partial charge >= 0.3 is 0 Å². The number of carbonyl (C=O) groups is 1. The quantitative estimate of drug-likeness (QED) is 0.687. The van der Waals surface area contributed by atoms with Crippen LogP contribution in [0.25, 0.3) is 0 Å². The Morgan fingerprint density at radius 1 is 1.21 bits per heavy atom. The Kier molecular flexibility index (Phi) is 7.79. The van der Waals surface area contributed by atoms with Crippen LogP contribution in [-0.2, 0) is 11.3 Å². The topological polar surface area (TPSA) is 47.6 Å². The van der Waals surface area contributed by atoms with Crippen molar-refractivity contribution in [3.8, 4) is 11.5 Å². The number of methoxy groups -OCH3 is 1. The summed E-state index contributed by atoms with van der Waals surface area (Å²) in [7, 11) is 1.62. The smallest absolute Gasteiger partial charge is 0.230 e. The lowest BCUT2D eigenvalue weighted by Gasteiger charge is -2.09. The van der Waals surface area contributed by atoms with E-state index in [-0.39, 0.29) is 5.91 Å². The molecule has 0 fully saturated rings. The van der Waals surface area contributed by atoms with Crippen LogP contribution in [0.3, 0.4) is 0 Å². The maximum absolute atomic E-state index is 11.9. The molecule has 2 aromatic carbocycles. The molecule has 4 nitrogen and oxygen atoms in total. The minimum Gasteiger partial charge on any atom is -0.496 e. The van der Waals surface area contributed by atoms with Crippen molar-refractivity contribution in [1.82, 2.24) is 5.32 Å². The van der Waals surface area contributed by atoms with Gasteiger partial charge in [-0.3, -0.25) is 4.79 Å². The number of hydrogen-bond donors (Lipinski definition) is 1. The molecule has 0 aromatic heterocycles. The summed E-state index contributed by atoms with van der Waals surface area (Å²) in [6, 6.07) is 14.9. The van der Waals surface area contributed by atoms with Crippen molar-refractivity contribution < 1.29 is 14.3 Å². The standard InChI is InChI=1S/C18H20ClNO3S/c1-22-17-8-3-2-5-14(17)12-20-18(21)13-24-10-9-23-16-7-4-6-15(19)11-16/h2-8,11H,9-10,12-13H2,1H3,(H,20,21). The van der Waals surface area contributed by atoms with Crippen LogP contribution in [0.5, 0.6) is 11.5 Å². The Hall–Kier alpha value is -1.85. The normalized spacial score (nSPS) is 10.2. The SMILES string of the molecule is COc1ccccc1CNC(=O)CSCCOc1cccc(Cl)c1. The van der Waals surface area contributed by atoms with E-state index < -0.39 is 0 Å². The number of amides is 1. The summed E-state index contributed by atoms with van der Waals surface area (Å²) in [5.41, 5.74) is 0.961. The van der Waals surface area contributed by atoms with Crippen molar-refractivity contribution in [3.63, 3.8) is 0 Å². The maximum atomic E-state index is 11.9. The van der Waals surface area contributed by atoms with Crippen molar-refractivity contribution in [2.24, 2.45) is 0 Å². The summed E-state index contributed by atoms with van der Waals surface area (Å²) in [5, 5.41) is 3.54. The van der Waals surface area contributed by atoms with E-state index in [9.17, 15) is 4.79 Å². The summed E-state index contributed by atoms with van der Waals surface area (Å²) < 4.78 is 10.8. The molecule has 0 bridgehead atoms. The summed E-state index contributed by atoms with van der Waals surface area (Å²) >= 11 is 7.41. The van der Waals surface area contributed by atoms with Gasteiger partial charge in [0.2, 0.25) is 5.91 Å². The number of halogens is 1. The highest BCUT2D eigenvalue weighted by Crippen LogP contribution is 2.18. The number of thioether (sulfide) groups is 1. The molecular weight excluding hydrogens is 346 g/mol. The highest BCUT2D eigenvalue weighted by molar-refractivity contribution is 7.99. The van der Waals surface area contributed by atoms with Crippen LogP contribution in [0.2, 0.25) is 5.02 Å². The van der Waals surface area contributed by atoms with Crippen LogP contribution < -0.4 is 14.8 Å². The fourth-order valence-corrected chi connectivity index (χ4v) is 2.85. The molecule has 0 saturated heterocycles.